The zero-order valence-corrected chi connectivity index (χ0v) is 12.0. The third kappa shape index (κ3) is 3.09. The van der Waals surface area contributed by atoms with E-state index in [1.54, 1.807) is 0 Å². The van der Waals surface area contributed by atoms with E-state index < -0.39 is 0 Å². The van der Waals surface area contributed by atoms with Gasteiger partial charge in [-0.2, -0.15) is 0 Å². The first-order valence-corrected chi connectivity index (χ1v) is 6.87. The van der Waals surface area contributed by atoms with Gasteiger partial charge < -0.3 is 5.32 Å². The molecule has 0 amide bonds. The molecule has 1 aliphatic rings. The lowest BCUT2D eigenvalue weighted by Crippen LogP contribution is -2.48. The summed E-state index contributed by atoms with van der Waals surface area (Å²) < 4.78 is 0. The van der Waals surface area contributed by atoms with Crippen molar-refractivity contribution in [1.82, 2.24) is 15.2 Å². The fourth-order valence-corrected chi connectivity index (χ4v) is 2.84. The highest BCUT2D eigenvalue weighted by Gasteiger charge is 2.33. The van der Waals surface area contributed by atoms with Crippen molar-refractivity contribution in [3.63, 3.8) is 0 Å². The number of pyridine rings is 1. The van der Waals surface area contributed by atoms with Gasteiger partial charge in [-0.15, -0.1) is 0 Å². The van der Waals surface area contributed by atoms with Gasteiger partial charge in [-0.3, -0.25) is 9.88 Å². The van der Waals surface area contributed by atoms with Crippen LogP contribution in [0.4, 0.5) is 0 Å². The van der Waals surface area contributed by atoms with Gasteiger partial charge in [-0.25, -0.2) is 0 Å². The van der Waals surface area contributed by atoms with E-state index in [1.165, 1.54) is 5.69 Å². The van der Waals surface area contributed by atoms with E-state index in [1.807, 2.05) is 0 Å². The van der Waals surface area contributed by atoms with E-state index in [0.717, 1.165) is 31.9 Å². The summed E-state index contributed by atoms with van der Waals surface area (Å²) in [5, 5.41) is 3.42. The molecule has 0 aromatic carbocycles. The first kappa shape index (κ1) is 13.5. The van der Waals surface area contributed by atoms with Gasteiger partial charge in [0.2, 0.25) is 0 Å². The number of piperazine rings is 1. The summed E-state index contributed by atoms with van der Waals surface area (Å²) >= 11 is 0. The van der Waals surface area contributed by atoms with Crippen molar-refractivity contribution in [2.75, 3.05) is 26.2 Å². The molecule has 1 aromatic heterocycles. The molecule has 1 aromatic rings. The Morgan fingerprint density at radius 2 is 1.89 bits per heavy atom. The molecule has 3 nitrogen and oxygen atoms in total. The topological polar surface area (TPSA) is 28.2 Å². The zero-order chi connectivity index (χ0) is 13.2. The maximum absolute atomic E-state index is 4.75. The summed E-state index contributed by atoms with van der Waals surface area (Å²) in [6.45, 7) is 13.4. The first-order valence-electron chi connectivity index (χ1n) is 6.87. The van der Waals surface area contributed by atoms with Crippen LogP contribution in [0.25, 0.3) is 0 Å². The molecular formula is C15H25N3. The number of nitrogens with one attached hydrogen (secondary N) is 1. The fourth-order valence-electron chi connectivity index (χ4n) is 2.84. The van der Waals surface area contributed by atoms with Crippen LogP contribution >= 0.6 is 0 Å². The largest absolute Gasteiger partial charge is 0.314 e. The highest BCUT2D eigenvalue weighted by Crippen LogP contribution is 2.37. The summed E-state index contributed by atoms with van der Waals surface area (Å²) in [6, 6.07) is 6.77. The molecule has 1 N–H and O–H groups in total. The van der Waals surface area contributed by atoms with E-state index in [0.29, 0.717) is 6.04 Å². The maximum atomic E-state index is 4.75. The molecule has 2 rings (SSSR count). The van der Waals surface area contributed by atoms with Crippen molar-refractivity contribution in [2.24, 2.45) is 5.41 Å². The number of aryl methyl sites for hydroxylation is 1. The predicted molar refractivity (Wildman–Crippen MR) is 75.6 cm³/mol. The van der Waals surface area contributed by atoms with Crippen molar-refractivity contribution in [3.8, 4) is 0 Å². The Morgan fingerprint density at radius 3 is 2.44 bits per heavy atom. The summed E-state index contributed by atoms with van der Waals surface area (Å²) in [4.78, 5) is 7.32. The third-order valence-corrected chi connectivity index (χ3v) is 3.53. The van der Waals surface area contributed by atoms with Gasteiger partial charge in [0.1, 0.15) is 0 Å². The van der Waals surface area contributed by atoms with E-state index in [2.05, 4.69) is 56.1 Å². The molecule has 0 aliphatic carbocycles. The molecule has 0 radical (unpaired) electrons. The van der Waals surface area contributed by atoms with E-state index in [9.17, 15) is 0 Å². The van der Waals surface area contributed by atoms with E-state index >= 15 is 0 Å². The van der Waals surface area contributed by atoms with Crippen LogP contribution < -0.4 is 5.32 Å². The fraction of sp³-hybridized carbons (Fsp3) is 0.667. The van der Waals surface area contributed by atoms with Crippen LogP contribution in [0.3, 0.4) is 0 Å². The lowest BCUT2D eigenvalue weighted by Gasteiger charge is -2.42. The Morgan fingerprint density at radius 1 is 1.22 bits per heavy atom. The molecule has 100 valence electrons. The SMILES string of the molecule is Cc1cccc([C@H](N2CCNCC2)C(C)(C)C)n1. The normalized spacial score (nSPS) is 19.8. The molecule has 3 heteroatoms. The van der Waals surface area contributed by atoms with Crippen molar-refractivity contribution < 1.29 is 0 Å². The lowest BCUT2D eigenvalue weighted by molar-refractivity contribution is 0.0830. The summed E-state index contributed by atoms with van der Waals surface area (Å²) in [5.41, 5.74) is 2.53. The summed E-state index contributed by atoms with van der Waals surface area (Å²) in [7, 11) is 0. The van der Waals surface area contributed by atoms with Crippen LogP contribution in [0, 0.1) is 12.3 Å². The van der Waals surface area contributed by atoms with Gasteiger partial charge in [0, 0.05) is 31.9 Å². The standard InChI is InChI=1S/C15H25N3/c1-12-6-5-7-13(17-12)14(15(2,3)4)18-10-8-16-9-11-18/h5-7,14,16H,8-11H2,1-4H3/t14-/m0/s1. The van der Waals surface area contributed by atoms with Crippen LogP contribution in [-0.4, -0.2) is 36.1 Å². The minimum absolute atomic E-state index is 0.206. The molecule has 1 saturated heterocycles. The van der Waals surface area contributed by atoms with E-state index in [-0.39, 0.29) is 5.41 Å². The Bertz CT molecular complexity index is 389. The molecule has 18 heavy (non-hydrogen) atoms. The second-order valence-corrected chi connectivity index (χ2v) is 6.26. The van der Waals surface area contributed by atoms with Gasteiger partial charge in [-0.05, 0) is 24.5 Å². The van der Waals surface area contributed by atoms with Gasteiger partial charge in [-0.1, -0.05) is 26.8 Å². The smallest absolute Gasteiger partial charge is 0.0583 e. The van der Waals surface area contributed by atoms with Crippen molar-refractivity contribution in [3.05, 3.63) is 29.6 Å². The highest BCUT2D eigenvalue weighted by molar-refractivity contribution is 5.16. The molecule has 0 spiro atoms. The van der Waals surface area contributed by atoms with Crippen LogP contribution in [0.2, 0.25) is 0 Å². The third-order valence-electron chi connectivity index (χ3n) is 3.53. The van der Waals surface area contributed by atoms with Crippen LogP contribution in [0.5, 0.6) is 0 Å². The molecule has 1 atom stereocenters. The molecule has 0 unspecified atom stereocenters. The predicted octanol–water partition coefficient (Wildman–Crippen LogP) is 2.38. The Labute approximate surface area is 111 Å². The summed E-state index contributed by atoms with van der Waals surface area (Å²) in [6.07, 6.45) is 0. The quantitative estimate of drug-likeness (QED) is 0.869. The van der Waals surface area contributed by atoms with Crippen molar-refractivity contribution in [1.29, 1.82) is 0 Å². The average molecular weight is 247 g/mol. The van der Waals surface area contributed by atoms with Gasteiger partial charge in [0.25, 0.3) is 0 Å². The summed E-state index contributed by atoms with van der Waals surface area (Å²) in [5.74, 6) is 0. The molecular weight excluding hydrogens is 222 g/mol. The zero-order valence-electron chi connectivity index (χ0n) is 12.0. The molecule has 0 bridgehead atoms. The van der Waals surface area contributed by atoms with Crippen LogP contribution in [0.1, 0.15) is 38.2 Å². The maximum Gasteiger partial charge on any atom is 0.0583 e. The van der Waals surface area contributed by atoms with Gasteiger partial charge in [0.15, 0.2) is 0 Å². The molecule has 1 fully saturated rings. The van der Waals surface area contributed by atoms with Crippen molar-refractivity contribution >= 4 is 0 Å². The van der Waals surface area contributed by atoms with Crippen LogP contribution in [-0.2, 0) is 0 Å². The number of nitrogens with zero attached hydrogens (tertiary/aromatic N) is 2. The lowest BCUT2D eigenvalue weighted by atomic mass is 9.83. The average Bonchev–Trinajstić information content (AvgIpc) is 2.28. The number of rotatable bonds is 2. The molecule has 0 saturated carbocycles. The van der Waals surface area contributed by atoms with Crippen molar-refractivity contribution in [2.45, 2.75) is 33.7 Å². The Hall–Kier alpha value is -0.930. The number of hydrogen-bond acceptors (Lipinski definition) is 3. The first-order chi connectivity index (χ1) is 8.48. The minimum Gasteiger partial charge on any atom is -0.314 e. The Kier molecular flexibility index (Phi) is 4.03. The van der Waals surface area contributed by atoms with Crippen LogP contribution in [0.15, 0.2) is 18.2 Å². The monoisotopic (exact) mass is 247 g/mol. The Balaban J connectivity index is 2.30. The molecule has 1 aliphatic heterocycles. The molecule has 2 heterocycles. The second kappa shape index (κ2) is 5.37. The van der Waals surface area contributed by atoms with E-state index in [4.69, 9.17) is 4.98 Å². The van der Waals surface area contributed by atoms with Gasteiger partial charge >= 0.3 is 0 Å². The van der Waals surface area contributed by atoms with Gasteiger partial charge in [0.05, 0.1) is 11.7 Å². The minimum atomic E-state index is 0.206. The number of aromatic nitrogens is 1. The highest BCUT2D eigenvalue weighted by atomic mass is 15.2. The second-order valence-electron chi connectivity index (χ2n) is 6.26. The number of hydrogen-bond donors (Lipinski definition) is 1.